The van der Waals surface area contributed by atoms with Crippen molar-refractivity contribution in [2.45, 2.75) is 37.8 Å². The highest BCUT2D eigenvalue weighted by atomic mass is 32.2. The zero-order valence-electron chi connectivity index (χ0n) is 16.6. The molecule has 2 N–H and O–H groups in total. The van der Waals surface area contributed by atoms with Gasteiger partial charge in [0.05, 0.1) is 14.2 Å². The van der Waals surface area contributed by atoms with Crippen LogP contribution < -0.4 is 19.5 Å². The summed E-state index contributed by atoms with van der Waals surface area (Å²) in [4.78, 5) is 16.5. The number of rotatable bonds is 7. The minimum Gasteiger partial charge on any atom is -0.495 e. The molecule has 1 heterocycles. The molecule has 0 radical (unpaired) electrons. The molecule has 0 bridgehead atoms. The van der Waals surface area contributed by atoms with E-state index in [4.69, 9.17) is 9.47 Å². The Labute approximate surface area is 165 Å². The molecule has 0 unspecified atom stereocenters. The Hall–Kier alpha value is -2.65. The Morgan fingerprint density at radius 1 is 1.14 bits per heavy atom. The Bertz CT molecular complexity index is 952. The highest BCUT2D eigenvalue weighted by molar-refractivity contribution is 7.89. The van der Waals surface area contributed by atoms with Gasteiger partial charge in [-0.3, -0.25) is 4.79 Å². The van der Waals surface area contributed by atoms with Crippen molar-refractivity contribution in [3.63, 3.8) is 0 Å². The molecule has 2 rings (SSSR count). The van der Waals surface area contributed by atoms with E-state index < -0.39 is 21.5 Å². The Morgan fingerprint density at radius 2 is 1.86 bits per heavy atom. The maximum atomic E-state index is 12.7. The minimum atomic E-state index is -3.88. The third-order valence-corrected chi connectivity index (χ3v) is 5.42. The molecule has 0 aliphatic rings. The fourth-order valence-electron chi connectivity index (χ4n) is 2.51. The largest absolute Gasteiger partial charge is 0.495 e. The topological polar surface area (TPSA) is 107 Å². The number of benzene rings is 1. The second kappa shape index (κ2) is 8.57. The maximum Gasteiger partial charge on any atom is 0.251 e. The van der Waals surface area contributed by atoms with Gasteiger partial charge in [-0.25, -0.2) is 18.1 Å². The van der Waals surface area contributed by atoms with Crippen molar-refractivity contribution < 1.29 is 22.7 Å². The van der Waals surface area contributed by atoms with E-state index in [1.165, 1.54) is 32.4 Å². The standard InChI is InChI=1S/C19H25N3O5S/c1-19(2,3)22-28(24,25)16-11-13(8-9-15(16)26-4)17(23)21-12-14-7-6-10-20-18(14)27-5/h6-11,22H,12H2,1-5H3,(H,21,23). The van der Waals surface area contributed by atoms with Gasteiger partial charge in [0.1, 0.15) is 10.6 Å². The first-order chi connectivity index (χ1) is 13.1. The molecule has 152 valence electrons. The van der Waals surface area contributed by atoms with Crippen molar-refractivity contribution >= 4 is 15.9 Å². The van der Waals surface area contributed by atoms with Gasteiger partial charge in [0.2, 0.25) is 15.9 Å². The van der Waals surface area contributed by atoms with Crippen LogP contribution in [-0.2, 0) is 16.6 Å². The van der Waals surface area contributed by atoms with Gasteiger partial charge in [-0.1, -0.05) is 6.07 Å². The molecule has 1 aromatic carbocycles. The molecule has 0 atom stereocenters. The average Bonchev–Trinajstić information content (AvgIpc) is 2.63. The van der Waals surface area contributed by atoms with Crippen LogP contribution in [0.3, 0.4) is 0 Å². The molecule has 0 saturated heterocycles. The summed E-state index contributed by atoms with van der Waals surface area (Å²) in [7, 11) is -1.01. The number of hydrogen-bond donors (Lipinski definition) is 2. The van der Waals surface area contributed by atoms with Crippen LogP contribution >= 0.6 is 0 Å². The number of sulfonamides is 1. The molecule has 0 aliphatic heterocycles. The molecule has 28 heavy (non-hydrogen) atoms. The summed E-state index contributed by atoms with van der Waals surface area (Å²) in [6, 6.07) is 7.77. The summed E-state index contributed by atoms with van der Waals surface area (Å²) in [5.41, 5.74) is 0.214. The highest BCUT2D eigenvalue weighted by Gasteiger charge is 2.26. The van der Waals surface area contributed by atoms with Crippen LogP contribution in [0.4, 0.5) is 0 Å². The Balaban J connectivity index is 2.28. The lowest BCUT2D eigenvalue weighted by molar-refractivity contribution is 0.0950. The van der Waals surface area contributed by atoms with E-state index in [0.29, 0.717) is 11.4 Å². The van der Waals surface area contributed by atoms with Crippen LogP contribution in [0.15, 0.2) is 41.4 Å². The van der Waals surface area contributed by atoms with E-state index in [1.54, 1.807) is 39.1 Å². The maximum absolute atomic E-state index is 12.7. The summed E-state index contributed by atoms with van der Waals surface area (Å²) < 4.78 is 38.3. The van der Waals surface area contributed by atoms with E-state index in [0.717, 1.165) is 0 Å². The smallest absolute Gasteiger partial charge is 0.251 e. The van der Waals surface area contributed by atoms with Gasteiger partial charge in [0, 0.05) is 29.4 Å². The number of amides is 1. The molecule has 0 spiro atoms. The number of carbonyl (C=O) groups excluding carboxylic acids is 1. The van der Waals surface area contributed by atoms with E-state index in [1.807, 2.05) is 0 Å². The molecule has 1 aromatic heterocycles. The normalized spacial score (nSPS) is 11.8. The lowest BCUT2D eigenvalue weighted by Crippen LogP contribution is -2.40. The SMILES string of the molecule is COc1ccc(C(=O)NCc2cccnc2OC)cc1S(=O)(=O)NC(C)(C)C. The summed E-state index contributed by atoms with van der Waals surface area (Å²) in [5.74, 6) is 0.137. The molecular weight excluding hydrogens is 382 g/mol. The van der Waals surface area contributed by atoms with Crippen LogP contribution in [0.1, 0.15) is 36.7 Å². The lowest BCUT2D eigenvalue weighted by Gasteiger charge is -2.21. The molecule has 8 nitrogen and oxygen atoms in total. The van der Waals surface area contributed by atoms with Gasteiger partial charge in [0.25, 0.3) is 5.91 Å². The summed E-state index contributed by atoms with van der Waals surface area (Å²) in [6.45, 7) is 5.38. The van der Waals surface area contributed by atoms with Crippen molar-refractivity contribution in [3.05, 3.63) is 47.7 Å². The van der Waals surface area contributed by atoms with Crippen molar-refractivity contribution in [2.24, 2.45) is 0 Å². The molecule has 2 aromatic rings. The number of nitrogens with zero attached hydrogens (tertiary/aromatic N) is 1. The van der Waals surface area contributed by atoms with Crippen molar-refractivity contribution in [3.8, 4) is 11.6 Å². The van der Waals surface area contributed by atoms with Gasteiger partial charge in [0.15, 0.2) is 0 Å². The first-order valence-electron chi connectivity index (χ1n) is 8.55. The molecule has 0 aliphatic carbocycles. The average molecular weight is 407 g/mol. The fourth-order valence-corrected chi connectivity index (χ4v) is 4.12. The highest BCUT2D eigenvalue weighted by Crippen LogP contribution is 2.26. The minimum absolute atomic E-state index is 0.100. The predicted molar refractivity (Wildman–Crippen MR) is 105 cm³/mol. The monoisotopic (exact) mass is 407 g/mol. The second-order valence-corrected chi connectivity index (χ2v) is 8.73. The fraction of sp³-hybridized carbons (Fsp3) is 0.368. The van der Waals surface area contributed by atoms with Gasteiger partial charge in [-0.15, -0.1) is 0 Å². The number of methoxy groups -OCH3 is 2. The summed E-state index contributed by atoms with van der Waals surface area (Å²) in [5, 5.41) is 2.74. The molecule has 0 saturated carbocycles. The number of hydrogen-bond acceptors (Lipinski definition) is 6. The molecule has 9 heteroatoms. The third kappa shape index (κ3) is 5.43. The van der Waals surface area contributed by atoms with Gasteiger partial charge < -0.3 is 14.8 Å². The number of ether oxygens (including phenoxy) is 2. The second-order valence-electron chi connectivity index (χ2n) is 7.08. The van der Waals surface area contributed by atoms with Gasteiger partial charge in [-0.05, 0) is 45.0 Å². The summed E-state index contributed by atoms with van der Waals surface area (Å²) in [6.07, 6.45) is 1.59. The number of pyridine rings is 1. The van der Waals surface area contributed by atoms with E-state index in [2.05, 4.69) is 15.0 Å². The van der Waals surface area contributed by atoms with Crippen LogP contribution in [0.2, 0.25) is 0 Å². The van der Waals surface area contributed by atoms with E-state index in [9.17, 15) is 13.2 Å². The van der Waals surface area contributed by atoms with Crippen LogP contribution in [0, 0.1) is 0 Å². The first-order valence-corrected chi connectivity index (χ1v) is 10.0. The Kier molecular flexibility index (Phi) is 6.63. The zero-order chi connectivity index (χ0) is 20.9. The van der Waals surface area contributed by atoms with Crippen molar-refractivity contribution in [2.75, 3.05) is 14.2 Å². The molecule has 1 amide bonds. The third-order valence-electron chi connectivity index (χ3n) is 3.64. The summed E-state index contributed by atoms with van der Waals surface area (Å²) >= 11 is 0. The van der Waals surface area contributed by atoms with Crippen LogP contribution in [0.25, 0.3) is 0 Å². The van der Waals surface area contributed by atoms with E-state index in [-0.39, 0.29) is 22.8 Å². The van der Waals surface area contributed by atoms with Gasteiger partial charge >= 0.3 is 0 Å². The first kappa shape index (κ1) is 21.6. The number of nitrogens with one attached hydrogen (secondary N) is 2. The lowest BCUT2D eigenvalue weighted by atomic mass is 10.1. The van der Waals surface area contributed by atoms with Crippen LogP contribution in [-0.4, -0.2) is 39.1 Å². The molecular formula is C19H25N3O5S. The Morgan fingerprint density at radius 3 is 2.46 bits per heavy atom. The quantitative estimate of drug-likeness (QED) is 0.728. The van der Waals surface area contributed by atoms with Gasteiger partial charge in [-0.2, -0.15) is 0 Å². The predicted octanol–water partition coefficient (Wildman–Crippen LogP) is 2.11. The van der Waals surface area contributed by atoms with Crippen molar-refractivity contribution in [1.29, 1.82) is 0 Å². The number of aromatic nitrogens is 1. The molecule has 0 fully saturated rings. The van der Waals surface area contributed by atoms with Crippen molar-refractivity contribution in [1.82, 2.24) is 15.0 Å². The van der Waals surface area contributed by atoms with Crippen LogP contribution in [0.5, 0.6) is 11.6 Å². The van der Waals surface area contributed by atoms with E-state index >= 15 is 0 Å². The number of carbonyl (C=O) groups is 1. The zero-order valence-corrected chi connectivity index (χ0v) is 17.4.